The van der Waals surface area contributed by atoms with E-state index < -0.39 is 6.17 Å². The van der Waals surface area contributed by atoms with E-state index in [1.165, 1.54) is 0 Å². The molecule has 0 aliphatic carbocycles. The molecule has 0 aliphatic rings. The van der Waals surface area contributed by atoms with Crippen molar-refractivity contribution >= 4 is 0 Å². The Morgan fingerprint density at radius 3 is 2.67 bits per heavy atom. The molecule has 72 valence electrons. The third kappa shape index (κ3) is 7.73. The Kier molecular flexibility index (Phi) is 8.46. The molecular formula is C10H19FO. The van der Waals surface area contributed by atoms with Crippen molar-refractivity contribution < 1.29 is 9.50 Å². The zero-order valence-electron chi connectivity index (χ0n) is 7.80. The average Bonchev–Trinajstić information content (AvgIpc) is 2.10. The highest BCUT2D eigenvalue weighted by molar-refractivity contribution is 4.79. The number of rotatable bonds is 7. The van der Waals surface area contributed by atoms with Crippen LogP contribution in [0.5, 0.6) is 0 Å². The molecule has 0 saturated carbocycles. The maximum atomic E-state index is 12.4. The first-order valence-corrected chi connectivity index (χ1v) is 4.71. The molecule has 0 aliphatic heterocycles. The largest absolute Gasteiger partial charge is 0.393 e. The zero-order valence-corrected chi connectivity index (χ0v) is 7.80. The molecule has 0 bridgehead atoms. The first-order valence-electron chi connectivity index (χ1n) is 4.71. The normalized spacial score (nSPS) is 13.9. The van der Waals surface area contributed by atoms with Crippen LogP contribution in [-0.4, -0.2) is 17.9 Å². The van der Waals surface area contributed by atoms with Crippen LogP contribution in [0, 0.1) is 0 Å². The monoisotopic (exact) mass is 174 g/mol. The minimum atomic E-state index is -1.01. The van der Waals surface area contributed by atoms with Crippen molar-refractivity contribution in [1.29, 1.82) is 0 Å². The van der Waals surface area contributed by atoms with Crippen molar-refractivity contribution in [3.63, 3.8) is 0 Å². The lowest BCUT2D eigenvalue weighted by Crippen LogP contribution is -2.04. The molecule has 0 radical (unpaired) electrons. The van der Waals surface area contributed by atoms with E-state index in [1.54, 1.807) is 0 Å². The standard InChI is InChI=1S/C10H19FO/c1-2-3-4-5-6-7-8-10(11)9-12/h3-4,10,12H,2,5-9H2,1H3. The first-order chi connectivity index (χ1) is 5.81. The number of aliphatic hydroxyl groups is 1. The molecule has 12 heavy (non-hydrogen) atoms. The molecule has 1 atom stereocenters. The van der Waals surface area contributed by atoms with Crippen LogP contribution in [0.2, 0.25) is 0 Å². The van der Waals surface area contributed by atoms with Crippen molar-refractivity contribution in [2.24, 2.45) is 0 Å². The van der Waals surface area contributed by atoms with Gasteiger partial charge in [0.1, 0.15) is 6.17 Å². The molecule has 0 fully saturated rings. The summed E-state index contributed by atoms with van der Waals surface area (Å²) in [6.07, 6.45) is 7.74. The van der Waals surface area contributed by atoms with E-state index >= 15 is 0 Å². The maximum absolute atomic E-state index is 12.4. The van der Waals surface area contributed by atoms with Crippen LogP contribution >= 0.6 is 0 Å². The molecule has 0 saturated heterocycles. The van der Waals surface area contributed by atoms with Gasteiger partial charge < -0.3 is 5.11 Å². The summed E-state index contributed by atoms with van der Waals surface area (Å²) in [7, 11) is 0. The molecule has 0 aromatic rings. The van der Waals surface area contributed by atoms with Gasteiger partial charge in [0.2, 0.25) is 0 Å². The van der Waals surface area contributed by atoms with Crippen LogP contribution in [-0.2, 0) is 0 Å². The van der Waals surface area contributed by atoms with E-state index in [2.05, 4.69) is 19.1 Å². The number of aliphatic hydroxyl groups excluding tert-OH is 1. The number of halogens is 1. The molecular weight excluding hydrogens is 155 g/mol. The van der Waals surface area contributed by atoms with Crippen molar-refractivity contribution in [3.8, 4) is 0 Å². The van der Waals surface area contributed by atoms with Crippen LogP contribution in [0.4, 0.5) is 4.39 Å². The Bertz CT molecular complexity index is 112. The van der Waals surface area contributed by atoms with Gasteiger partial charge in [0.25, 0.3) is 0 Å². The molecule has 0 amide bonds. The summed E-state index contributed by atoms with van der Waals surface area (Å²) in [5, 5.41) is 8.39. The molecule has 1 unspecified atom stereocenters. The van der Waals surface area contributed by atoms with Gasteiger partial charge in [-0.2, -0.15) is 0 Å². The molecule has 1 N–H and O–H groups in total. The van der Waals surface area contributed by atoms with Crippen molar-refractivity contribution in [2.75, 3.05) is 6.61 Å². The highest BCUT2D eigenvalue weighted by atomic mass is 19.1. The molecule has 0 heterocycles. The Morgan fingerprint density at radius 1 is 1.33 bits per heavy atom. The van der Waals surface area contributed by atoms with Crippen molar-refractivity contribution in [3.05, 3.63) is 12.2 Å². The smallest absolute Gasteiger partial charge is 0.123 e. The van der Waals surface area contributed by atoms with Crippen LogP contribution in [0.1, 0.15) is 39.0 Å². The highest BCUT2D eigenvalue weighted by Crippen LogP contribution is 2.06. The number of unbranched alkanes of at least 4 members (excludes halogenated alkanes) is 2. The van der Waals surface area contributed by atoms with E-state index in [1.807, 2.05) is 0 Å². The Hall–Kier alpha value is -0.370. The molecule has 0 spiro atoms. The van der Waals surface area contributed by atoms with Gasteiger partial charge in [-0.3, -0.25) is 0 Å². The van der Waals surface area contributed by atoms with Crippen LogP contribution in [0.3, 0.4) is 0 Å². The summed E-state index contributed by atoms with van der Waals surface area (Å²) in [4.78, 5) is 0. The van der Waals surface area contributed by atoms with Gasteiger partial charge >= 0.3 is 0 Å². The fourth-order valence-corrected chi connectivity index (χ4v) is 1.00. The van der Waals surface area contributed by atoms with E-state index in [9.17, 15) is 4.39 Å². The fraction of sp³-hybridized carbons (Fsp3) is 0.800. The van der Waals surface area contributed by atoms with Gasteiger partial charge in [-0.1, -0.05) is 25.5 Å². The molecule has 1 nitrogen and oxygen atoms in total. The highest BCUT2D eigenvalue weighted by Gasteiger charge is 2.01. The van der Waals surface area contributed by atoms with Gasteiger partial charge in [-0.15, -0.1) is 0 Å². The predicted molar refractivity (Wildman–Crippen MR) is 49.9 cm³/mol. The van der Waals surface area contributed by atoms with E-state index in [0.717, 1.165) is 25.7 Å². The number of alkyl halides is 1. The number of allylic oxidation sites excluding steroid dienone is 2. The summed E-state index contributed by atoms with van der Waals surface area (Å²) < 4.78 is 12.4. The second-order valence-electron chi connectivity index (χ2n) is 2.94. The Balaban J connectivity index is 3.05. The summed E-state index contributed by atoms with van der Waals surface area (Å²) in [5.41, 5.74) is 0. The predicted octanol–water partition coefficient (Wildman–Crippen LogP) is 2.84. The van der Waals surface area contributed by atoms with Gasteiger partial charge in [0.05, 0.1) is 6.61 Å². The topological polar surface area (TPSA) is 20.2 Å². The second-order valence-corrected chi connectivity index (χ2v) is 2.94. The van der Waals surface area contributed by atoms with Gasteiger partial charge in [-0.25, -0.2) is 4.39 Å². The maximum Gasteiger partial charge on any atom is 0.123 e. The second kappa shape index (κ2) is 8.72. The molecule has 0 aromatic carbocycles. The minimum absolute atomic E-state index is 0.329. The van der Waals surface area contributed by atoms with Gasteiger partial charge in [0, 0.05) is 0 Å². The third-order valence-electron chi connectivity index (χ3n) is 1.74. The first kappa shape index (κ1) is 11.6. The number of hydrogen-bond donors (Lipinski definition) is 1. The summed E-state index contributed by atoms with van der Waals surface area (Å²) in [6, 6.07) is 0. The van der Waals surface area contributed by atoms with Crippen LogP contribution in [0.15, 0.2) is 12.2 Å². The summed E-state index contributed by atoms with van der Waals surface area (Å²) in [6.45, 7) is 1.77. The minimum Gasteiger partial charge on any atom is -0.393 e. The van der Waals surface area contributed by atoms with E-state index in [0.29, 0.717) is 6.42 Å². The van der Waals surface area contributed by atoms with Crippen molar-refractivity contribution in [2.45, 2.75) is 45.2 Å². The zero-order chi connectivity index (χ0) is 9.23. The molecule has 2 heteroatoms. The van der Waals surface area contributed by atoms with Gasteiger partial charge in [0.15, 0.2) is 0 Å². The average molecular weight is 174 g/mol. The van der Waals surface area contributed by atoms with Crippen LogP contribution < -0.4 is 0 Å². The van der Waals surface area contributed by atoms with E-state index in [-0.39, 0.29) is 6.61 Å². The lowest BCUT2D eigenvalue weighted by atomic mass is 10.1. The van der Waals surface area contributed by atoms with Crippen LogP contribution in [0.25, 0.3) is 0 Å². The molecule has 0 aromatic heterocycles. The quantitative estimate of drug-likeness (QED) is 0.465. The Morgan fingerprint density at radius 2 is 2.08 bits per heavy atom. The molecule has 0 rings (SSSR count). The Labute approximate surface area is 74.3 Å². The van der Waals surface area contributed by atoms with Crippen molar-refractivity contribution in [1.82, 2.24) is 0 Å². The number of hydrogen-bond acceptors (Lipinski definition) is 1. The SMILES string of the molecule is CCC=CCCCCC(F)CO. The summed E-state index contributed by atoms with van der Waals surface area (Å²) in [5.74, 6) is 0. The van der Waals surface area contributed by atoms with E-state index in [4.69, 9.17) is 5.11 Å². The lowest BCUT2D eigenvalue weighted by molar-refractivity contribution is 0.167. The lowest BCUT2D eigenvalue weighted by Gasteiger charge is -2.01. The van der Waals surface area contributed by atoms with Gasteiger partial charge in [-0.05, 0) is 25.7 Å². The fourth-order valence-electron chi connectivity index (χ4n) is 1.00. The third-order valence-corrected chi connectivity index (χ3v) is 1.74. The summed E-state index contributed by atoms with van der Waals surface area (Å²) >= 11 is 0.